The van der Waals surface area contributed by atoms with Gasteiger partial charge in [0.05, 0.1) is 47.4 Å². The van der Waals surface area contributed by atoms with Crippen LogP contribution in [0, 0.1) is 0 Å². The van der Waals surface area contributed by atoms with Crippen LogP contribution >= 0.6 is 0 Å². The van der Waals surface area contributed by atoms with Gasteiger partial charge >= 0.3 is 0 Å². The summed E-state index contributed by atoms with van der Waals surface area (Å²) in [7, 11) is -1.04. The minimum atomic E-state index is -2.58. The number of ether oxygens (including phenoxy) is 3. The summed E-state index contributed by atoms with van der Waals surface area (Å²) in [5.41, 5.74) is 4.68. The number of benzene rings is 2. The molecule has 4 aromatic rings. The first-order valence-electron chi connectivity index (χ1n) is 14.5. The van der Waals surface area contributed by atoms with E-state index >= 15 is 0 Å². The van der Waals surface area contributed by atoms with E-state index in [1.54, 1.807) is 31.6 Å². The zero-order valence-corrected chi connectivity index (χ0v) is 22.1. The Bertz CT molecular complexity index is 1470. The van der Waals surface area contributed by atoms with Crippen LogP contribution in [-0.4, -0.2) is 59.6 Å². The van der Waals surface area contributed by atoms with Crippen molar-refractivity contribution < 1.29 is 18.3 Å². The summed E-state index contributed by atoms with van der Waals surface area (Å²) in [6, 6.07) is 11.3. The third kappa shape index (κ3) is 5.89. The van der Waals surface area contributed by atoms with Crippen LogP contribution in [-0.2, 0) is 4.74 Å². The van der Waals surface area contributed by atoms with E-state index < -0.39 is 7.04 Å². The Morgan fingerprint density at radius 3 is 2.74 bits per heavy atom. The van der Waals surface area contributed by atoms with Crippen molar-refractivity contribution in [1.29, 1.82) is 0 Å². The minimum absolute atomic E-state index is 0.0485. The highest BCUT2D eigenvalue weighted by Crippen LogP contribution is 2.34. The predicted molar refractivity (Wildman–Crippen MR) is 149 cm³/mol. The van der Waals surface area contributed by atoms with E-state index in [9.17, 15) is 0 Å². The third-order valence-corrected chi connectivity index (χ3v) is 6.60. The maximum absolute atomic E-state index is 7.56. The van der Waals surface area contributed by atoms with Crippen LogP contribution < -0.4 is 19.7 Å². The van der Waals surface area contributed by atoms with Crippen molar-refractivity contribution in [3.63, 3.8) is 0 Å². The molecule has 5 rings (SSSR count). The van der Waals surface area contributed by atoms with Crippen molar-refractivity contribution in [2.75, 3.05) is 38.7 Å². The topological polar surface area (TPSA) is 86.6 Å². The Morgan fingerprint density at radius 2 is 1.97 bits per heavy atom. The second-order valence-corrected chi connectivity index (χ2v) is 9.69. The lowest BCUT2D eigenvalue weighted by molar-refractivity contribution is -0.0394. The van der Waals surface area contributed by atoms with Crippen molar-refractivity contribution in [2.45, 2.75) is 45.4 Å². The summed E-state index contributed by atoms with van der Waals surface area (Å²) in [5, 5.41) is 7.98. The molecule has 0 saturated carbocycles. The van der Waals surface area contributed by atoms with E-state index in [4.69, 9.17) is 23.3 Å². The molecule has 1 unspecified atom stereocenters. The molecular formula is C29H36N6O3. The largest absolute Gasteiger partial charge is 0.497 e. The molecule has 200 valence electrons. The fourth-order valence-electron chi connectivity index (χ4n) is 4.63. The lowest BCUT2D eigenvalue weighted by Gasteiger charge is -2.27. The van der Waals surface area contributed by atoms with Crippen LogP contribution in [0.5, 0.6) is 11.5 Å². The normalized spacial score (nSPS) is 17.2. The summed E-state index contributed by atoms with van der Waals surface area (Å²) < 4.78 is 41.1. The summed E-state index contributed by atoms with van der Waals surface area (Å²) >= 11 is 0. The molecule has 0 amide bonds. The zero-order chi connectivity index (χ0) is 29.0. The Morgan fingerprint density at radius 1 is 1.11 bits per heavy atom. The maximum atomic E-state index is 7.56. The second-order valence-electron chi connectivity index (χ2n) is 9.69. The van der Waals surface area contributed by atoms with E-state index in [0.717, 1.165) is 59.5 Å². The van der Waals surface area contributed by atoms with Crippen molar-refractivity contribution in [1.82, 2.24) is 25.1 Å². The lowest BCUT2D eigenvalue weighted by atomic mass is 10.2. The standard InChI is InChI=1S/C29H36N6O3/c1-20(2)30-10-11-34(23-13-24(36-3)16-25(14-23)37-4)22-8-9-26-27(15-22)33-28(18-31-26)21-17-32-35(19-21)29-7-5-6-12-38-29/h8-9,13-20,29-30H,5-7,10-12H2,1-4H3/i3D3. The van der Waals surface area contributed by atoms with Gasteiger partial charge in [-0.15, -0.1) is 0 Å². The van der Waals surface area contributed by atoms with Crippen molar-refractivity contribution >= 4 is 22.4 Å². The van der Waals surface area contributed by atoms with Crippen LogP contribution in [0.2, 0.25) is 0 Å². The van der Waals surface area contributed by atoms with E-state index in [-0.39, 0.29) is 12.0 Å². The summed E-state index contributed by atoms with van der Waals surface area (Å²) in [4.78, 5) is 11.7. The molecule has 0 radical (unpaired) electrons. The fourth-order valence-corrected chi connectivity index (χ4v) is 4.63. The van der Waals surface area contributed by atoms with Crippen LogP contribution in [0.4, 0.5) is 11.4 Å². The van der Waals surface area contributed by atoms with Gasteiger partial charge in [-0.05, 0) is 37.5 Å². The van der Waals surface area contributed by atoms with Crippen molar-refractivity contribution in [2.24, 2.45) is 0 Å². The highest BCUT2D eigenvalue weighted by molar-refractivity contribution is 5.82. The summed E-state index contributed by atoms with van der Waals surface area (Å²) in [6.07, 6.45) is 8.62. The van der Waals surface area contributed by atoms with Crippen LogP contribution in [0.3, 0.4) is 0 Å². The predicted octanol–water partition coefficient (Wildman–Crippen LogP) is 5.35. The molecule has 0 spiro atoms. The third-order valence-electron chi connectivity index (χ3n) is 6.60. The molecule has 2 aromatic carbocycles. The van der Waals surface area contributed by atoms with Gasteiger partial charge in [0.2, 0.25) is 0 Å². The minimum Gasteiger partial charge on any atom is -0.497 e. The first kappa shape index (κ1) is 22.3. The molecule has 1 aliphatic rings. The number of anilines is 2. The monoisotopic (exact) mass is 519 g/mol. The number of nitrogens with one attached hydrogen (secondary N) is 1. The smallest absolute Gasteiger partial charge is 0.150 e. The molecular weight excluding hydrogens is 480 g/mol. The Balaban J connectivity index is 1.49. The molecule has 1 saturated heterocycles. The van der Waals surface area contributed by atoms with E-state index in [0.29, 0.717) is 24.9 Å². The Hall–Kier alpha value is -3.69. The molecule has 2 aromatic heterocycles. The molecule has 1 N–H and O–H groups in total. The van der Waals surface area contributed by atoms with Gasteiger partial charge in [-0.3, -0.25) is 4.98 Å². The number of aromatic nitrogens is 4. The fraction of sp³-hybridized carbons (Fsp3) is 0.414. The zero-order valence-electron chi connectivity index (χ0n) is 25.1. The summed E-state index contributed by atoms with van der Waals surface area (Å²) in [5.74, 6) is 0.688. The number of nitrogens with zero attached hydrogens (tertiary/aromatic N) is 5. The molecule has 38 heavy (non-hydrogen) atoms. The SMILES string of the molecule is [2H]C([2H])([2H])Oc1cc(OC)cc(N(CCNC(C)C)c2ccc3ncc(-c4cnn(C5CCCCO5)c4)nc3c2)c1. The van der Waals surface area contributed by atoms with Gasteiger partial charge in [0.1, 0.15) is 17.7 Å². The van der Waals surface area contributed by atoms with Gasteiger partial charge < -0.3 is 24.4 Å². The van der Waals surface area contributed by atoms with Gasteiger partial charge in [0, 0.05) is 67.1 Å². The summed E-state index contributed by atoms with van der Waals surface area (Å²) in [6.45, 7) is 6.22. The highest BCUT2D eigenvalue weighted by Gasteiger charge is 2.18. The van der Waals surface area contributed by atoms with Gasteiger partial charge in [-0.1, -0.05) is 13.8 Å². The Kier molecular flexibility index (Phi) is 6.92. The first-order chi connectivity index (χ1) is 19.7. The van der Waals surface area contributed by atoms with Crippen LogP contribution in [0.1, 0.15) is 43.5 Å². The van der Waals surface area contributed by atoms with Crippen LogP contribution in [0.25, 0.3) is 22.3 Å². The molecule has 1 fully saturated rings. The van der Waals surface area contributed by atoms with Crippen molar-refractivity contribution in [3.05, 3.63) is 55.0 Å². The average molecular weight is 520 g/mol. The number of rotatable bonds is 10. The molecule has 3 heterocycles. The molecule has 9 nitrogen and oxygen atoms in total. The quantitative estimate of drug-likeness (QED) is 0.300. The molecule has 0 aliphatic carbocycles. The molecule has 9 heteroatoms. The molecule has 1 aliphatic heterocycles. The number of hydrogen-bond acceptors (Lipinski definition) is 8. The maximum Gasteiger partial charge on any atom is 0.150 e. The highest BCUT2D eigenvalue weighted by atomic mass is 16.5. The number of fused-ring (bicyclic) bond motifs is 1. The van der Waals surface area contributed by atoms with Gasteiger partial charge in [0.25, 0.3) is 0 Å². The van der Waals surface area contributed by atoms with E-state index in [1.165, 1.54) is 0 Å². The van der Waals surface area contributed by atoms with Gasteiger partial charge in [0.15, 0.2) is 0 Å². The Labute approximate surface area is 228 Å². The first-order valence-corrected chi connectivity index (χ1v) is 13.0. The molecule has 0 bridgehead atoms. The van der Waals surface area contributed by atoms with Gasteiger partial charge in [-0.2, -0.15) is 5.10 Å². The lowest BCUT2D eigenvalue weighted by Crippen LogP contribution is -2.32. The number of methoxy groups -OCH3 is 2. The number of hydrogen-bond donors (Lipinski definition) is 1. The van der Waals surface area contributed by atoms with E-state index in [2.05, 4.69) is 34.1 Å². The molecule has 1 atom stereocenters. The van der Waals surface area contributed by atoms with E-state index in [1.807, 2.05) is 35.1 Å². The second kappa shape index (κ2) is 11.8. The van der Waals surface area contributed by atoms with Gasteiger partial charge in [-0.25, -0.2) is 9.67 Å². The average Bonchev–Trinajstić information content (AvgIpc) is 3.44. The van der Waals surface area contributed by atoms with Crippen molar-refractivity contribution in [3.8, 4) is 22.8 Å². The van der Waals surface area contributed by atoms with Crippen LogP contribution in [0.15, 0.2) is 55.0 Å².